The molecule has 0 aliphatic heterocycles. The zero-order chi connectivity index (χ0) is 16.8. The van der Waals surface area contributed by atoms with Gasteiger partial charge in [0.2, 0.25) is 5.95 Å². The van der Waals surface area contributed by atoms with Crippen molar-refractivity contribution >= 4 is 29.1 Å². The molecule has 0 aliphatic rings. The maximum absolute atomic E-state index is 13.2. The third kappa shape index (κ3) is 4.39. The number of anilines is 3. The fourth-order valence-electron chi connectivity index (χ4n) is 2.12. The van der Waals surface area contributed by atoms with Crippen molar-refractivity contribution in [1.29, 1.82) is 0 Å². The van der Waals surface area contributed by atoms with Crippen molar-refractivity contribution < 1.29 is 4.39 Å². The van der Waals surface area contributed by atoms with Crippen LogP contribution in [0.2, 0.25) is 5.02 Å². The molecular formula is C17H15ClFN5. The molecule has 5 nitrogen and oxygen atoms in total. The summed E-state index contributed by atoms with van der Waals surface area (Å²) in [5, 5.41) is 14.0. The lowest BCUT2D eigenvalue weighted by Crippen LogP contribution is -2.09. The fourth-order valence-corrected chi connectivity index (χ4v) is 2.30. The monoisotopic (exact) mass is 343 g/mol. The van der Waals surface area contributed by atoms with Gasteiger partial charge in [0.15, 0.2) is 5.82 Å². The molecule has 7 heteroatoms. The Bertz CT molecular complexity index is 813. The van der Waals surface area contributed by atoms with Gasteiger partial charge in [0.25, 0.3) is 0 Å². The second-order valence-electron chi connectivity index (χ2n) is 5.08. The lowest BCUT2D eigenvalue weighted by atomic mass is 10.1. The Morgan fingerprint density at radius 1 is 1.08 bits per heavy atom. The Hall–Kier alpha value is -2.73. The SMILES string of the molecule is Fc1ccc(Nc2cnnc(NCCc3ccccc3)n2)cc1Cl. The van der Waals surface area contributed by atoms with Crippen molar-refractivity contribution in [3.8, 4) is 0 Å². The van der Waals surface area contributed by atoms with Crippen molar-refractivity contribution in [2.24, 2.45) is 0 Å². The number of hydrogen-bond donors (Lipinski definition) is 2. The van der Waals surface area contributed by atoms with Crippen LogP contribution in [0.1, 0.15) is 5.56 Å². The Morgan fingerprint density at radius 3 is 2.71 bits per heavy atom. The topological polar surface area (TPSA) is 62.7 Å². The molecular weight excluding hydrogens is 329 g/mol. The van der Waals surface area contributed by atoms with Gasteiger partial charge >= 0.3 is 0 Å². The molecule has 2 N–H and O–H groups in total. The summed E-state index contributed by atoms with van der Waals surface area (Å²) in [4.78, 5) is 4.32. The van der Waals surface area contributed by atoms with Gasteiger partial charge in [0.05, 0.1) is 11.2 Å². The minimum Gasteiger partial charge on any atom is -0.353 e. The summed E-state index contributed by atoms with van der Waals surface area (Å²) in [5.41, 5.74) is 1.85. The summed E-state index contributed by atoms with van der Waals surface area (Å²) in [7, 11) is 0. The lowest BCUT2D eigenvalue weighted by molar-refractivity contribution is 0.628. The first-order valence-electron chi connectivity index (χ1n) is 7.40. The zero-order valence-corrected chi connectivity index (χ0v) is 13.5. The highest BCUT2D eigenvalue weighted by Gasteiger charge is 2.04. The van der Waals surface area contributed by atoms with Crippen LogP contribution in [0.25, 0.3) is 0 Å². The van der Waals surface area contributed by atoms with E-state index in [1.807, 2.05) is 18.2 Å². The summed E-state index contributed by atoms with van der Waals surface area (Å²) < 4.78 is 13.2. The van der Waals surface area contributed by atoms with E-state index in [1.165, 1.54) is 23.9 Å². The van der Waals surface area contributed by atoms with Crippen LogP contribution in [-0.2, 0) is 6.42 Å². The summed E-state index contributed by atoms with van der Waals surface area (Å²) in [6.07, 6.45) is 2.34. The van der Waals surface area contributed by atoms with Gasteiger partial charge < -0.3 is 10.6 Å². The van der Waals surface area contributed by atoms with Gasteiger partial charge in [-0.05, 0) is 30.2 Å². The van der Waals surface area contributed by atoms with E-state index in [0.29, 0.717) is 24.0 Å². The largest absolute Gasteiger partial charge is 0.353 e. The van der Waals surface area contributed by atoms with Crippen LogP contribution in [0.3, 0.4) is 0 Å². The van der Waals surface area contributed by atoms with E-state index in [1.54, 1.807) is 6.07 Å². The molecule has 122 valence electrons. The smallest absolute Gasteiger partial charge is 0.244 e. The minimum atomic E-state index is -0.466. The van der Waals surface area contributed by atoms with E-state index in [9.17, 15) is 4.39 Å². The lowest BCUT2D eigenvalue weighted by Gasteiger charge is -2.08. The Morgan fingerprint density at radius 2 is 1.92 bits per heavy atom. The average Bonchev–Trinajstić information content (AvgIpc) is 2.60. The van der Waals surface area contributed by atoms with E-state index in [0.717, 1.165) is 6.42 Å². The van der Waals surface area contributed by atoms with Gasteiger partial charge in [-0.25, -0.2) is 4.39 Å². The van der Waals surface area contributed by atoms with Gasteiger partial charge in [0.1, 0.15) is 5.82 Å². The molecule has 0 amide bonds. The molecule has 0 unspecified atom stereocenters. The van der Waals surface area contributed by atoms with Crippen LogP contribution in [0.15, 0.2) is 54.7 Å². The molecule has 0 atom stereocenters. The van der Waals surface area contributed by atoms with Crippen LogP contribution in [0.5, 0.6) is 0 Å². The van der Waals surface area contributed by atoms with Crippen LogP contribution < -0.4 is 10.6 Å². The average molecular weight is 344 g/mol. The molecule has 0 radical (unpaired) electrons. The van der Waals surface area contributed by atoms with E-state index >= 15 is 0 Å². The number of hydrogen-bond acceptors (Lipinski definition) is 5. The van der Waals surface area contributed by atoms with E-state index < -0.39 is 5.82 Å². The van der Waals surface area contributed by atoms with Crippen molar-refractivity contribution in [1.82, 2.24) is 15.2 Å². The van der Waals surface area contributed by atoms with Crippen LogP contribution in [0, 0.1) is 5.82 Å². The fraction of sp³-hybridized carbons (Fsp3) is 0.118. The Kier molecular flexibility index (Phi) is 5.18. The highest BCUT2D eigenvalue weighted by molar-refractivity contribution is 6.31. The van der Waals surface area contributed by atoms with Crippen molar-refractivity contribution in [2.75, 3.05) is 17.2 Å². The third-order valence-corrected chi connectivity index (χ3v) is 3.58. The van der Waals surface area contributed by atoms with Crippen molar-refractivity contribution in [3.63, 3.8) is 0 Å². The maximum Gasteiger partial charge on any atom is 0.244 e. The molecule has 1 aromatic heterocycles. The molecule has 0 bridgehead atoms. The number of nitrogens with one attached hydrogen (secondary N) is 2. The highest BCUT2D eigenvalue weighted by atomic mass is 35.5. The number of rotatable bonds is 6. The molecule has 3 aromatic rings. The second-order valence-corrected chi connectivity index (χ2v) is 5.49. The summed E-state index contributed by atoms with van der Waals surface area (Å²) in [5.74, 6) is 0.449. The third-order valence-electron chi connectivity index (χ3n) is 3.29. The Labute approximate surface area is 143 Å². The first-order chi connectivity index (χ1) is 11.7. The highest BCUT2D eigenvalue weighted by Crippen LogP contribution is 2.21. The number of halogens is 2. The summed E-state index contributed by atoms with van der Waals surface area (Å²) in [6, 6.07) is 14.5. The molecule has 0 spiro atoms. The minimum absolute atomic E-state index is 0.0447. The first-order valence-corrected chi connectivity index (χ1v) is 7.78. The van der Waals surface area contributed by atoms with Gasteiger partial charge in [0, 0.05) is 12.2 Å². The summed E-state index contributed by atoms with van der Waals surface area (Å²) in [6.45, 7) is 0.692. The number of nitrogens with zero attached hydrogens (tertiary/aromatic N) is 3. The zero-order valence-electron chi connectivity index (χ0n) is 12.7. The van der Waals surface area contributed by atoms with Gasteiger partial charge in [-0.2, -0.15) is 10.1 Å². The molecule has 0 saturated heterocycles. The van der Waals surface area contributed by atoms with Gasteiger partial charge in [-0.1, -0.05) is 41.9 Å². The van der Waals surface area contributed by atoms with E-state index in [2.05, 4.69) is 37.9 Å². The van der Waals surface area contributed by atoms with Crippen molar-refractivity contribution in [2.45, 2.75) is 6.42 Å². The van der Waals surface area contributed by atoms with Crippen molar-refractivity contribution in [3.05, 3.63) is 71.1 Å². The summed E-state index contributed by atoms with van der Waals surface area (Å²) >= 11 is 5.76. The molecule has 24 heavy (non-hydrogen) atoms. The Balaban J connectivity index is 1.60. The van der Waals surface area contributed by atoms with Crippen LogP contribution >= 0.6 is 11.6 Å². The molecule has 2 aromatic carbocycles. The number of benzene rings is 2. The van der Waals surface area contributed by atoms with E-state index in [4.69, 9.17) is 11.6 Å². The molecule has 1 heterocycles. The predicted octanol–water partition coefficient (Wildman–Crippen LogP) is 4.06. The second kappa shape index (κ2) is 7.70. The van der Waals surface area contributed by atoms with E-state index in [-0.39, 0.29) is 5.02 Å². The van der Waals surface area contributed by atoms with Gasteiger partial charge in [-0.3, -0.25) is 0 Å². The predicted molar refractivity (Wildman–Crippen MR) is 93.2 cm³/mol. The molecule has 3 rings (SSSR count). The standard InChI is InChI=1S/C17H15ClFN5/c18-14-10-13(6-7-15(14)19)22-16-11-21-24-17(23-16)20-9-8-12-4-2-1-3-5-12/h1-7,10-11H,8-9H2,(H2,20,22,23,24). The first kappa shape index (κ1) is 16.1. The quantitative estimate of drug-likeness (QED) is 0.706. The normalized spacial score (nSPS) is 10.4. The van der Waals surface area contributed by atoms with Crippen LogP contribution in [0.4, 0.5) is 21.8 Å². The molecule has 0 saturated carbocycles. The molecule has 0 aliphatic carbocycles. The number of aromatic nitrogens is 3. The maximum atomic E-state index is 13.2. The molecule has 0 fully saturated rings. The van der Waals surface area contributed by atoms with Gasteiger partial charge in [-0.15, -0.1) is 5.10 Å². The van der Waals surface area contributed by atoms with Crippen LogP contribution in [-0.4, -0.2) is 21.7 Å².